The van der Waals surface area contributed by atoms with E-state index in [0.29, 0.717) is 13.1 Å². The molecule has 6 nitrogen and oxygen atoms in total. The number of hydrogen-bond donors (Lipinski definition) is 3. The van der Waals surface area contributed by atoms with Gasteiger partial charge in [-0.05, 0) is 31.1 Å². The van der Waals surface area contributed by atoms with Crippen molar-refractivity contribution in [2.24, 2.45) is 11.3 Å². The summed E-state index contributed by atoms with van der Waals surface area (Å²) in [6.07, 6.45) is 1.14. The molecule has 1 aliphatic rings. The highest BCUT2D eigenvalue weighted by Crippen LogP contribution is 2.24. The molecule has 0 aromatic rings. The van der Waals surface area contributed by atoms with Gasteiger partial charge in [0, 0.05) is 19.1 Å². The molecule has 1 fully saturated rings. The molecule has 6 heteroatoms. The van der Waals surface area contributed by atoms with Crippen molar-refractivity contribution in [3.63, 3.8) is 0 Å². The van der Waals surface area contributed by atoms with Crippen LogP contribution in [0, 0.1) is 11.3 Å². The number of likely N-dealkylation sites (tertiary alicyclic amines) is 1. The third-order valence-corrected chi connectivity index (χ3v) is 4.23. The molecule has 0 radical (unpaired) electrons. The number of nitrogens with zero attached hydrogens (tertiary/aromatic N) is 1. The highest BCUT2D eigenvalue weighted by molar-refractivity contribution is 5.76. The molecule has 0 aromatic heterocycles. The summed E-state index contributed by atoms with van der Waals surface area (Å²) in [7, 11) is 0. The van der Waals surface area contributed by atoms with Gasteiger partial charge in [-0.15, -0.1) is 0 Å². The average molecular weight is 300 g/mol. The van der Waals surface area contributed by atoms with Crippen LogP contribution in [0.5, 0.6) is 0 Å². The van der Waals surface area contributed by atoms with Crippen LogP contribution in [-0.4, -0.2) is 52.3 Å². The predicted octanol–water partition coefficient (Wildman–Crippen LogP) is 1.68. The molecule has 0 aromatic carbocycles. The second-order valence-electron chi connectivity index (χ2n) is 7.03. The summed E-state index contributed by atoms with van der Waals surface area (Å²) in [5, 5.41) is 21.4. The van der Waals surface area contributed by atoms with Crippen molar-refractivity contribution < 1.29 is 19.8 Å². The minimum atomic E-state index is -0.914. The number of nitrogens with one attached hydrogen (secondary N) is 1. The zero-order valence-corrected chi connectivity index (χ0v) is 13.4. The second-order valence-corrected chi connectivity index (χ2v) is 7.03. The van der Waals surface area contributed by atoms with Gasteiger partial charge in [-0.3, -0.25) is 4.79 Å². The van der Waals surface area contributed by atoms with E-state index in [-0.39, 0.29) is 29.9 Å². The summed E-state index contributed by atoms with van der Waals surface area (Å²) < 4.78 is 0. The number of piperidine rings is 1. The highest BCUT2D eigenvalue weighted by Gasteiger charge is 2.31. The van der Waals surface area contributed by atoms with E-state index in [1.165, 1.54) is 0 Å². The fourth-order valence-electron chi connectivity index (χ4n) is 2.57. The Kier molecular flexibility index (Phi) is 6.01. The van der Waals surface area contributed by atoms with E-state index in [4.69, 9.17) is 5.11 Å². The lowest BCUT2D eigenvalue weighted by atomic mass is 9.85. The van der Waals surface area contributed by atoms with Gasteiger partial charge in [0.15, 0.2) is 0 Å². The molecule has 1 aliphatic heterocycles. The number of carbonyl (C=O) groups is 2. The van der Waals surface area contributed by atoms with E-state index in [2.05, 4.69) is 5.32 Å². The summed E-state index contributed by atoms with van der Waals surface area (Å²) in [6.45, 7) is 8.74. The molecule has 2 unspecified atom stereocenters. The van der Waals surface area contributed by atoms with E-state index in [1.807, 2.05) is 20.8 Å². The summed E-state index contributed by atoms with van der Waals surface area (Å²) in [6, 6.07) is -0.614. The molecular weight excluding hydrogens is 272 g/mol. The third-order valence-electron chi connectivity index (χ3n) is 4.23. The van der Waals surface area contributed by atoms with E-state index >= 15 is 0 Å². The van der Waals surface area contributed by atoms with Crippen LogP contribution in [0.15, 0.2) is 0 Å². The van der Waals surface area contributed by atoms with Crippen molar-refractivity contribution in [3.8, 4) is 0 Å². The second kappa shape index (κ2) is 7.11. The first kappa shape index (κ1) is 17.8. The lowest BCUT2D eigenvalue weighted by Crippen LogP contribution is -2.52. The highest BCUT2D eigenvalue weighted by atomic mass is 16.4. The standard InChI is InChI=1S/C15H28N2O4/c1-10(18)11-5-7-17(8-6-11)14(21)16-12(9-13(19)20)15(2,3)4/h10-12,18H,5-9H2,1-4H3,(H,16,21)(H,19,20). The fourth-order valence-corrected chi connectivity index (χ4v) is 2.57. The van der Waals surface area contributed by atoms with Crippen molar-refractivity contribution in [2.75, 3.05) is 13.1 Å². The Labute approximate surface area is 126 Å². The smallest absolute Gasteiger partial charge is 0.317 e. The topological polar surface area (TPSA) is 89.9 Å². The van der Waals surface area contributed by atoms with Crippen molar-refractivity contribution in [1.29, 1.82) is 0 Å². The fraction of sp³-hybridized carbons (Fsp3) is 0.867. The molecule has 21 heavy (non-hydrogen) atoms. The first-order valence-corrected chi connectivity index (χ1v) is 7.56. The number of carboxylic acids is 1. The Morgan fingerprint density at radius 3 is 2.19 bits per heavy atom. The van der Waals surface area contributed by atoms with Gasteiger partial charge < -0.3 is 20.4 Å². The average Bonchev–Trinajstić information content (AvgIpc) is 2.36. The quantitative estimate of drug-likeness (QED) is 0.737. The van der Waals surface area contributed by atoms with Crippen molar-refractivity contribution >= 4 is 12.0 Å². The SMILES string of the molecule is CC(O)C1CCN(C(=O)NC(CC(=O)O)C(C)(C)C)CC1. The van der Waals surface area contributed by atoms with Crippen LogP contribution in [0.25, 0.3) is 0 Å². The molecule has 2 amide bonds. The summed E-state index contributed by atoms with van der Waals surface area (Å²) in [5.74, 6) is -0.672. The zero-order valence-electron chi connectivity index (χ0n) is 13.4. The number of urea groups is 1. The van der Waals surface area contributed by atoms with Gasteiger partial charge in [0.1, 0.15) is 0 Å². The largest absolute Gasteiger partial charge is 0.481 e. The predicted molar refractivity (Wildman–Crippen MR) is 80.0 cm³/mol. The number of carboxylic acid groups (broad SMARTS) is 1. The Hall–Kier alpha value is -1.30. The summed E-state index contributed by atoms with van der Waals surface area (Å²) in [5.41, 5.74) is -0.314. The van der Waals surface area contributed by atoms with Crippen LogP contribution in [0.1, 0.15) is 47.0 Å². The normalized spacial score (nSPS) is 20.0. The molecule has 1 heterocycles. The zero-order chi connectivity index (χ0) is 16.2. The summed E-state index contributed by atoms with van der Waals surface area (Å²) >= 11 is 0. The Bertz CT molecular complexity index is 368. The molecule has 0 saturated carbocycles. The van der Waals surface area contributed by atoms with Crippen LogP contribution in [0.2, 0.25) is 0 Å². The minimum Gasteiger partial charge on any atom is -0.481 e. The van der Waals surface area contributed by atoms with Gasteiger partial charge in [0.25, 0.3) is 0 Å². The van der Waals surface area contributed by atoms with Crippen molar-refractivity contribution in [2.45, 2.75) is 59.1 Å². The van der Waals surface area contributed by atoms with Crippen LogP contribution < -0.4 is 5.32 Å². The number of carbonyl (C=O) groups excluding carboxylic acids is 1. The number of aliphatic hydroxyl groups excluding tert-OH is 1. The maximum absolute atomic E-state index is 12.3. The first-order valence-electron chi connectivity index (χ1n) is 7.56. The molecule has 3 N–H and O–H groups in total. The molecule has 122 valence electrons. The van der Waals surface area contributed by atoms with Crippen molar-refractivity contribution in [3.05, 3.63) is 0 Å². The van der Waals surface area contributed by atoms with Crippen LogP contribution in [0.4, 0.5) is 4.79 Å². The molecular formula is C15H28N2O4. The number of rotatable bonds is 4. The number of aliphatic hydroxyl groups is 1. The van der Waals surface area contributed by atoms with E-state index in [1.54, 1.807) is 11.8 Å². The number of aliphatic carboxylic acids is 1. The number of hydrogen-bond acceptors (Lipinski definition) is 3. The van der Waals surface area contributed by atoms with Crippen LogP contribution in [0.3, 0.4) is 0 Å². The summed E-state index contributed by atoms with van der Waals surface area (Å²) in [4.78, 5) is 24.9. The minimum absolute atomic E-state index is 0.0839. The molecule has 0 aliphatic carbocycles. The third kappa shape index (κ3) is 5.53. The molecule has 0 bridgehead atoms. The molecule has 2 atom stereocenters. The Morgan fingerprint density at radius 1 is 1.29 bits per heavy atom. The Morgan fingerprint density at radius 2 is 1.81 bits per heavy atom. The molecule has 0 spiro atoms. The van der Waals surface area contributed by atoms with E-state index in [9.17, 15) is 14.7 Å². The van der Waals surface area contributed by atoms with Crippen LogP contribution >= 0.6 is 0 Å². The molecule has 1 rings (SSSR count). The molecule has 1 saturated heterocycles. The van der Waals surface area contributed by atoms with Crippen molar-refractivity contribution in [1.82, 2.24) is 10.2 Å². The lowest BCUT2D eigenvalue weighted by molar-refractivity contribution is -0.138. The lowest BCUT2D eigenvalue weighted by Gasteiger charge is -2.36. The van der Waals surface area contributed by atoms with E-state index in [0.717, 1.165) is 12.8 Å². The van der Waals surface area contributed by atoms with Gasteiger partial charge in [-0.25, -0.2) is 4.79 Å². The van der Waals surface area contributed by atoms with E-state index < -0.39 is 12.0 Å². The maximum Gasteiger partial charge on any atom is 0.317 e. The van der Waals surface area contributed by atoms with Gasteiger partial charge in [0.05, 0.1) is 12.5 Å². The number of amides is 2. The van der Waals surface area contributed by atoms with Gasteiger partial charge in [0.2, 0.25) is 0 Å². The van der Waals surface area contributed by atoms with Gasteiger partial charge >= 0.3 is 12.0 Å². The monoisotopic (exact) mass is 300 g/mol. The van der Waals surface area contributed by atoms with Crippen LogP contribution in [-0.2, 0) is 4.79 Å². The van der Waals surface area contributed by atoms with Gasteiger partial charge in [-0.1, -0.05) is 20.8 Å². The Balaban J connectivity index is 2.57. The van der Waals surface area contributed by atoms with Gasteiger partial charge in [-0.2, -0.15) is 0 Å². The first-order chi connectivity index (χ1) is 9.61. The maximum atomic E-state index is 12.3.